The van der Waals surface area contributed by atoms with E-state index in [9.17, 15) is 0 Å². The Bertz CT molecular complexity index is 490. The molecule has 1 saturated carbocycles. The summed E-state index contributed by atoms with van der Waals surface area (Å²) in [5.41, 5.74) is 7.01. The summed E-state index contributed by atoms with van der Waals surface area (Å²) in [5, 5.41) is 3.49. The molecule has 3 N–H and O–H groups in total. The van der Waals surface area contributed by atoms with Crippen LogP contribution in [0.4, 0.5) is 11.6 Å². The van der Waals surface area contributed by atoms with E-state index in [4.69, 9.17) is 5.73 Å². The minimum atomic E-state index is 0.544. The molecule has 0 radical (unpaired) electrons. The monoisotopic (exact) mass is 289 g/mol. The topological polar surface area (TPSA) is 67.1 Å². The summed E-state index contributed by atoms with van der Waals surface area (Å²) < 4.78 is 0. The van der Waals surface area contributed by atoms with Crippen LogP contribution in [0, 0.1) is 12.8 Å². The molecule has 1 aromatic rings. The van der Waals surface area contributed by atoms with Crippen molar-refractivity contribution in [2.75, 3.05) is 37.7 Å². The number of nitrogen functional groups attached to an aromatic ring is 1. The Labute approximate surface area is 127 Å². The van der Waals surface area contributed by atoms with Gasteiger partial charge in [-0.1, -0.05) is 0 Å². The van der Waals surface area contributed by atoms with Crippen molar-refractivity contribution in [2.45, 2.75) is 44.9 Å². The van der Waals surface area contributed by atoms with Crippen LogP contribution in [0.3, 0.4) is 0 Å². The zero-order chi connectivity index (χ0) is 14.8. The quantitative estimate of drug-likeness (QED) is 0.871. The van der Waals surface area contributed by atoms with Gasteiger partial charge < -0.3 is 16.0 Å². The predicted octanol–water partition coefficient (Wildman–Crippen LogP) is 2.39. The van der Waals surface area contributed by atoms with Crippen molar-refractivity contribution >= 4 is 11.6 Å². The molecule has 2 aliphatic rings. The Balaban J connectivity index is 1.55. The molecule has 5 nitrogen and oxygen atoms in total. The van der Waals surface area contributed by atoms with Gasteiger partial charge in [-0.05, 0) is 65.1 Å². The number of nitrogens with one attached hydrogen (secondary N) is 1. The fraction of sp³-hybridized carbons (Fsp3) is 0.750. The zero-order valence-corrected chi connectivity index (χ0v) is 13.2. The van der Waals surface area contributed by atoms with Crippen molar-refractivity contribution in [3.63, 3.8) is 0 Å². The zero-order valence-electron chi connectivity index (χ0n) is 13.2. The van der Waals surface area contributed by atoms with Gasteiger partial charge in [0.1, 0.15) is 17.5 Å². The summed E-state index contributed by atoms with van der Waals surface area (Å²) >= 11 is 0. The number of rotatable bonds is 5. The number of hydrogen-bond donors (Lipinski definition) is 2. The van der Waals surface area contributed by atoms with Crippen molar-refractivity contribution in [1.29, 1.82) is 0 Å². The summed E-state index contributed by atoms with van der Waals surface area (Å²) in [4.78, 5) is 11.5. The van der Waals surface area contributed by atoms with Crippen LogP contribution in [0.5, 0.6) is 0 Å². The molecule has 0 amide bonds. The highest BCUT2D eigenvalue weighted by Gasteiger charge is 2.28. The third kappa shape index (κ3) is 3.64. The van der Waals surface area contributed by atoms with Gasteiger partial charge in [0, 0.05) is 18.0 Å². The van der Waals surface area contributed by atoms with Crippen molar-refractivity contribution in [1.82, 2.24) is 14.9 Å². The van der Waals surface area contributed by atoms with Gasteiger partial charge in [0.05, 0.1) is 0 Å². The molecule has 0 atom stereocenters. The molecule has 0 aromatic carbocycles. The van der Waals surface area contributed by atoms with Crippen LogP contribution < -0.4 is 11.1 Å². The SMILES string of the molecule is Cc1c(N)nc(C2CC2)nc1NCCC1CCN(C)CC1. The van der Waals surface area contributed by atoms with Gasteiger partial charge in [0.2, 0.25) is 0 Å². The number of anilines is 2. The molecular weight excluding hydrogens is 262 g/mol. The first kappa shape index (κ1) is 14.6. The molecule has 1 aromatic heterocycles. The second kappa shape index (κ2) is 6.18. The van der Waals surface area contributed by atoms with Crippen LogP contribution in [0.25, 0.3) is 0 Å². The van der Waals surface area contributed by atoms with E-state index in [-0.39, 0.29) is 0 Å². The average molecular weight is 289 g/mol. The fourth-order valence-electron chi connectivity index (χ4n) is 2.99. The molecule has 1 aliphatic heterocycles. The first-order chi connectivity index (χ1) is 10.1. The number of likely N-dealkylation sites (tertiary alicyclic amines) is 1. The molecule has 1 aliphatic carbocycles. The van der Waals surface area contributed by atoms with Crippen molar-refractivity contribution < 1.29 is 0 Å². The lowest BCUT2D eigenvalue weighted by molar-refractivity contribution is 0.215. The molecule has 2 fully saturated rings. The summed E-state index contributed by atoms with van der Waals surface area (Å²) in [6, 6.07) is 0. The maximum Gasteiger partial charge on any atom is 0.136 e. The smallest absolute Gasteiger partial charge is 0.136 e. The summed E-state index contributed by atoms with van der Waals surface area (Å²) in [7, 11) is 2.21. The van der Waals surface area contributed by atoms with Gasteiger partial charge in [0.15, 0.2) is 0 Å². The predicted molar refractivity (Wildman–Crippen MR) is 86.5 cm³/mol. The lowest BCUT2D eigenvalue weighted by atomic mass is 9.94. The lowest BCUT2D eigenvalue weighted by Crippen LogP contribution is -2.31. The molecule has 0 spiro atoms. The first-order valence-electron chi connectivity index (χ1n) is 8.20. The van der Waals surface area contributed by atoms with E-state index < -0.39 is 0 Å². The molecule has 0 bridgehead atoms. The third-order valence-electron chi connectivity index (χ3n) is 4.83. The number of aromatic nitrogens is 2. The molecule has 1 saturated heterocycles. The van der Waals surface area contributed by atoms with E-state index in [1.54, 1.807) is 0 Å². The number of hydrogen-bond acceptors (Lipinski definition) is 5. The molecular formula is C16H27N5. The van der Waals surface area contributed by atoms with Gasteiger partial charge in [-0.3, -0.25) is 0 Å². The maximum absolute atomic E-state index is 6.02. The molecule has 0 unspecified atom stereocenters. The highest BCUT2D eigenvalue weighted by atomic mass is 15.1. The Morgan fingerprint density at radius 3 is 2.57 bits per heavy atom. The van der Waals surface area contributed by atoms with E-state index in [1.807, 2.05) is 6.92 Å². The largest absolute Gasteiger partial charge is 0.383 e. The second-order valence-electron chi connectivity index (χ2n) is 6.68. The van der Waals surface area contributed by atoms with Gasteiger partial charge in [-0.2, -0.15) is 0 Å². The van der Waals surface area contributed by atoms with Crippen LogP contribution in [0.2, 0.25) is 0 Å². The molecule has 3 rings (SSSR count). The first-order valence-corrected chi connectivity index (χ1v) is 8.20. The normalized spacial score (nSPS) is 20.7. The Hall–Kier alpha value is -1.36. The molecule has 5 heteroatoms. The molecule has 116 valence electrons. The van der Waals surface area contributed by atoms with Crippen LogP contribution >= 0.6 is 0 Å². The number of nitrogens with zero attached hydrogens (tertiary/aromatic N) is 3. The lowest BCUT2D eigenvalue weighted by Gasteiger charge is -2.29. The Kier molecular flexibility index (Phi) is 4.29. The van der Waals surface area contributed by atoms with Gasteiger partial charge in [-0.15, -0.1) is 0 Å². The standard InChI is InChI=1S/C16H27N5/c1-11-14(17)19-16(13-3-4-13)20-15(11)18-8-5-12-6-9-21(2)10-7-12/h12-13H,3-10H2,1-2H3,(H3,17,18,19,20). The van der Waals surface area contributed by atoms with Crippen LogP contribution in [0.1, 0.15) is 49.4 Å². The highest BCUT2D eigenvalue weighted by Crippen LogP contribution is 2.39. The summed E-state index contributed by atoms with van der Waals surface area (Å²) in [5.74, 6) is 3.89. The molecule has 2 heterocycles. The van der Waals surface area contributed by atoms with Crippen molar-refractivity contribution in [3.05, 3.63) is 11.4 Å². The minimum absolute atomic E-state index is 0.544. The van der Waals surface area contributed by atoms with E-state index in [0.29, 0.717) is 11.7 Å². The summed E-state index contributed by atoms with van der Waals surface area (Å²) in [6.07, 6.45) is 6.26. The Morgan fingerprint density at radius 2 is 1.90 bits per heavy atom. The Morgan fingerprint density at radius 1 is 1.19 bits per heavy atom. The van der Waals surface area contributed by atoms with E-state index >= 15 is 0 Å². The maximum atomic E-state index is 6.02. The summed E-state index contributed by atoms with van der Waals surface area (Å²) in [6.45, 7) is 5.45. The minimum Gasteiger partial charge on any atom is -0.383 e. The van der Waals surface area contributed by atoms with E-state index in [1.165, 1.54) is 45.2 Å². The molecule has 21 heavy (non-hydrogen) atoms. The van der Waals surface area contributed by atoms with E-state index in [0.717, 1.165) is 29.7 Å². The number of piperidine rings is 1. The average Bonchev–Trinajstić information content (AvgIpc) is 3.30. The van der Waals surface area contributed by atoms with Crippen LogP contribution in [-0.4, -0.2) is 41.5 Å². The van der Waals surface area contributed by atoms with Gasteiger partial charge in [0.25, 0.3) is 0 Å². The van der Waals surface area contributed by atoms with Crippen molar-refractivity contribution in [2.24, 2.45) is 5.92 Å². The van der Waals surface area contributed by atoms with Gasteiger partial charge >= 0.3 is 0 Å². The van der Waals surface area contributed by atoms with Crippen molar-refractivity contribution in [3.8, 4) is 0 Å². The fourth-order valence-corrected chi connectivity index (χ4v) is 2.99. The van der Waals surface area contributed by atoms with Crippen LogP contribution in [0.15, 0.2) is 0 Å². The number of nitrogens with two attached hydrogens (primary N) is 1. The second-order valence-corrected chi connectivity index (χ2v) is 6.68. The van der Waals surface area contributed by atoms with Gasteiger partial charge in [-0.25, -0.2) is 9.97 Å². The third-order valence-corrected chi connectivity index (χ3v) is 4.83. The van der Waals surface area contributed by atoms with Crippen LogP contribution in [-0.2, 0) is 0 Å². The highest BCUT2D eigenvalue weighted by molar-refractivity contribution is 5.55. The van der Waals surface area contributed by atoms with E-state index in [2.05, 4.69) is 27.2 Å².